The van der Waals surface area contributed by atoms with Gasteiger partial charge in [-0.15, -0.1) is 0 Å². The van der Waals surface area contributed by atoms with E-state index in [9.17, 15) is 14.0 Å². The van der Waals surface area contributed by atoms with Crippen LogP contribution in [0, 0.1) is 5.82 Å². The van der Waals surface area contributed by atoms with E-state index >= 15 is 0 Å². The zero-order valence-corrected chi connectivity index (χ0v) is 12.9. The smallest absolute Gasteiger partial charge is 0.411 e. The Morgan fingerprint density at radius 2 is 1.83 bits per heavy atom. The van der Waals surface area contributed by atoms with Gasteiger partial charge in [0.25, 0.3) is 0 Å². The van der Waals surface area contributed by atoms with Gasteiger partial charge < -0.3 is 10.1 Å². The number of nitrogens with one attached hydrogen (secondary N) is 2. The predicted octanol–water partition coefficient (Wildman–Crippen LogP) is 3.82. The number of halogens is 1. The maximum absolute atomic E-state index is 13.7. The van der Waals surface area contributed by atoms with Crippen molar-refractivity contribution in [2.24, 2.45) is 0 Å². The fraction of sp³-hybridized carbons (Fsp3) is 0.176. The van der Waals surface area contributed by atoms with Crippen molar-refractivity contribution in [3.8, 4) is 0 Å². The van der Waals surface area contributed by atoms with E-state index in [2.05, 4.69) is 15.4 Å². The van der Waals surface area contributed by atoms with E-state index in [1.807, 2.05) is 12.1 Å². The van der Waals surface area contributed by atoms with Crippen molar-refractivity contribution in [2.45, 2.75) is 13.5 Å². The summed E-state index contributed by atoms with van der Waals surface area (Å²) >= 11 is 0. The summed E-state index contributed by atoms with van der Waals surface area (Å²) in [5.74, 6) is -0.872. The van der Waals surface area contributed by atoms with Crippen LogP contribution in [0.15, 0.2) is 42.5 Å². The van der Waals surface area contributed by atoms with E-state index in [0.717, 1.165) is 5.56 Å². The van der Waals surface area contributed by atoms with Gasteiger partial charge in [-0.25, -0.2) is 9.18 Å². The van der Waals surface area contributed by atoms with Crippen LogP contribution in [0.1, 0.15) is 22.8 Å². The topological polar surface area (TPSA) is 67.4 Å². The Bertz CT molecular complexity index is 714. The molecule has 6 heteroatoms. The second-order valence-corrected chi connectivity index (χ2v) is 4.89. The van der Waals surface area contributed by atoms with Crippen molar-refractivity contribution in [2.75, 3.05) is 17.7 Å². The molecule has 0 spiro atoms. The molecule has 2 N–H and O–H groups in total. The van der Waals surface area contributed by atoms with Crippen molar-refractivity contribution < 1.29 is 18.7 Å². The first-order chi connectivity index (χ1) is 11.0. The molecule has 0 bridgehead atoms. The number of hydrogen-bond acceptors (Lipinski definition) is 4. The molecule has 2 aromatic rings. The van der Waals surface area contributed by atoms with E-state index in [-0.39, 0.29) is 11.3 Å². The van der Waals surface area contributed by atoms with Gasteiger partial charge in [0.05, 0.1) is 12.7 Å². The number of benzene rings is 2. The van der Waals surface area contributed by atoms with E-state index < -0.39 is 11.9 Å². The molecule has 23 heavy (non-hydrogen) atoms. The number of methoxy groups -OCH3 is 1. The van der Waals surface area contributed by atoms with Crippen LogP contribution in [0.5, 0.6) is 0 Å². The molecule has 0 atom stereocenters. The second-order valence-electron chi connectivity index (χ2n) is 4.89. The maximum Gasteiger partial charge on any atom is 0.411 e. The van der Waals surface area contributed by atoms with Crippen LogP contribution in [0.2, 0.25) is 0 Å². The lowest BCUT2D eigenvalue weighted by Crippen LogP contribution is -2.11. The Labute approximate surface area is 133 Å². The molecular weight excluding hydrogens is 299 g/mol. The van der Waals surface area contributed by atoms with Crippen molar-refractivity contribution in [3.05, 3.63) is 59.4 Å². The second kappa shape index (κ2) is 7.40. The first-order valence-corrected chi connectivity index (χ1v) is 6.98. The fourth-order valence-electron chi connectivity index (χ4n) is 2.10. The lowest BCUT2D eigenvalue weighted by Gasteiger charge is -2.11. The van der Waals surface area contributed by atoms with Crippen LogP contribution < -0.4 is 10.6 Å². The van der Waals surface area contributed by atoms with E-state index in [4.69, 9.17) is 0 Å². The monoisotopic (exact) mass is 316 g/mol. The Hall–Kier alpha value is -2.89. The number of hydrogen-bond donors (Lipinski definition) is 2. The van der Waals surface area contributed by atoms with Crippen LogP contribution in [0.4, 0.5) is 20.6 Å². The van der Waals surface area contributed by atoms with Crippen LogP contribution in [0.25, 0.3) is 0 Å². The highest BCUT2D eigenvalue weighted by Crippen LogP contribution is 2.20. The van der Waals surface area contributed by atoms with Gasteiger partial charge >= 0.3 is 6.09 Å². The van der Waals surface area contributed by atoms with Crippen LogP contribution in [-0.2, 0) is 11.3 Å². The minimum Gasteiger partial charge on any atom is -0.453 e. The van der Waals surface area contributed by atoms with Gasteiger partial charge in [0.2, 0.25) is 0 Å². The molecule has 0 fully saturated rings. The molecule has 120 valence electrons. The zero-order chi connectivity index (χ0) is 16.8. The van der Waals surface area contributed by atoms with Crippen molar-refractivity contribution in [1.29, 1.82) is 0 Å². The highest BCUT2D eigenvalue weighted by atomic mass is 19.1. The Morgan fingerprint density at radius 3 is 2.43 bits per heavy atom. The number of carbonyl (C=O) groups excluding carboxylic acids is 2. The lowest BCUT2D eigenvalue weighted by atomic mass is 10.1. The number of ketones is 1. The van der Waals surface area contributed by atoms with Gasteiger partial charge in [-0.3, -0.25) is 10.1 Å². The molecule has 0 aliphatic rings. The highest BCUT2D eigenvalue weighted by molar-refractivity contribution is 5.99. The quantitative estimate of drug-likeness (QED) is 0.823. The third-order valence-corrected chi connectivity index (χ3v) is 3.23. The lowest BCUT2D eigenvalue weighted by molar-refractivity contribution is 0.101. The number of amides is 1. The maximum atomic E-state index is 13.7. The zero-order valence-electron chi connectivity index (χ0n) is 12.9. The summed E-state index contributed by atoms with van der Waals surface area (Å²) < 4.78 is 18.2. The molecule has 0 aliphatic heterocycles. The summed E-state index contributed by atoms with van der Waals surface area (Å²) in [6, 6.07) is 11.5. The van der Waals surface area contributed by atoms with Crippen LogP contribution >= 0.6 is 0 Å². The highest BCUT2D eigenvalue weighted by Gasteiger charge is 2.12. The molecule has 5 nitrogen and oxygen atoms in total. The number of carbonyl (C=O) groups is 2. The largest absolute Gasteiger partial charge is 0.453 e. The number of rotatable bonds is 5. The fourth-order valence-corrected chi connectivity index (χ4v) is 2.10. The minimum atomic E-state index is -0.542. The first-order valence-electron chi connectivity index (χ1n) is 6.98. The third kappa shape index (κ3) is 4.29. The molecule has 1 amide bonds. The number of anilines is 2. The van der Waals surface area contributed by atoms with E-state index in [0.29, 0.717) is 17.9 Å². The Balaban J connectivity index is 2.06. The third-order valence-electron chi connectivity index (χ3n) is 3.23. The molecule has 0 aromatic heterocycles. The summed E-state index contributed by atoms with van der Waals surface area (Å²) in [4.78, 5) is 22.6. The normalized spacial score (nSPS) is 10.0. The average molecular weight is 316 g/mol. The Morgan fingerprint density at radius 1 is 1.13 bits per heavy atom. The molecule has 0 aliphatic carbocycles. The molecule has 2 aromatic carbocycles. The van der Waals surface area contributed by atoms with Gasteiger partial charge in [-0.2, -0.15) is 0 Å². The Kier molecular flexibility index (Phi) is 5.30. The molecular formula is C17H17FN2O3. The van der Waals surface area contributed by atoms with Crippen LogP contribution in [0.3, 0.4) is 0 Å². The van der Waals surface area contributed by atoms with Gasteiger partial charge in [-0.1, -0.05) is 18.2 Å². The van der Waals surface area contributed by atoms with Gasteiger partial charge in [0, 0.05) is 17.9 Å². The molecule has 0 radical (unpaired) electrons. The number of Topliss-reactive ketones (excluding diaryl/α,β-unsaturated/α-hetero) is 1. The molecule has 0 unspecified atom stereocenters. The summed E-state index contributed by atoms with van der Waals surface area (Å²) in [6.07, 6.45) is -0.540. The SMILES string of the molecule is COC(=O)Nc1ccc(CNc2cccc(F)c2C(C)=O)cc1. The van der Waals surface area contributed by atoms with Gasteiger partial charge in [0.1, 0.15) is 5.82 Å². The molecule has 2 rings (SSSR count). The summed E-state index contributed by atoms with van der Waals surface area (Å²) in [5.41, 5.74) is 2.03. The predicted molar refractivity (Wildman–Crippen MR) is 86.2 cm³/mol. The van der Waals surface area contributed by atoms with Gasteiger partial charge in [-0.05, 0) is 36.8 Å². The summed E-state index contributed by atoms with van der Waals surface area (Å²) in [5, 5.41) is 5.60. The molecule has 0 saturated carbocycles. The van der Waals surface area contributed by atoms with E-state index in [1.165, 1.54) is 20.1 Å². The van der Waals surface area contributed by atoms with Crippen molar-refractivity contribution in [3.63, 3.8) is 0 Å². The number of ether oxygens (including phenoxy) is 1. The van der Waals surface area contributed by atoms with Crippen molar-refractivity contribution >= 4 is 23.3 Å². The standard InChI is InChI=1S/C17H17FN2O3/c1-11(21)16-14(18)4-3-5-15(16)19-10-12-6-8-13(9-7-12)20-17(22)23-2/h3-9,19H,10H2,1-2H3,(H,20,22). The summed E-state index contributed by atoms with van der Waals surface area (Å²) in [7, 11) is 1.29. The molecule has 0 saturated heterocycles. The van der Waals surface area contributed by atoms with E-state index in [1.54, 1.807) is 24.3 Å². The first kappa shape index (κ1) is 16.5. The van der Waals surface area contributed by atoms with Gasteiger partial charge in [0.15, 0.2) is 5.78 Å². The van der Waals surface area contributed by atoms with Crippen molar-refractivity contribution in [1.82, 2.24) is 0 Å². The average Bonchev–Trinajstić information content (AvgIpc) is 2.53. The molecule has 0 heterocycles. The summed E-state index contributed by atoms with van der Waals surface area (Å²) in [6.45, 7) is 1.75. The van der Waals surface area contributed by atoms with Crippen LogP contribution in [-0.4, -0.2) is 19.0 Å². The minimum absolute atomic E-state index is 0.0523.